The minimum absolute atomic E-state index is 0.102. The maximum Gasteiger partial charge on any atom is 0.238 e. The third kappa shape index (κ3) is 14.9. The maximum atomic E-state index is 12.3. The summed E-state index contributed by atoms with van der Waals surface area (Å²) in [6, 6.07) is 32.0. The zero-order chi connectivity index (χ0) is 39.5. The number of fused-ring (bicyclic) bond motifs is 1. The molecule has 5 rings (SSSR count). The molecule has 0 aliphatic rings. The summed E-state index contributed by atoms with van der Waals surface area (Å²) in [5, 5.41) is 8.54. The molecule has 2 N–H and O–H groups in total. The predicted octanol–water partition coefficient (Wildman–Crippen LogP) is 9.27. The van der Waals surface area contributed by atoms with Crippen LogP contribution in [0.4, 0.5) is 0 Å². The van der Waals surface area contributed by atoms with Crippen molar-refractivity contribution in [3.63, 3.8) is 0 Å². The number of primary sulfonamides is 1. The molecular formula is C42H54NO6S4-. The molecule has 1 heterocycles. The highest BCUT2D eigenvalue weighted by atomic mass is 32.2. The van der Waals surface area contributed by atoms with Crippen molar-refractivity contribution >= 4 is 52.4 Å². The van der Waals surface area contributed by atoms with Crippen LogP contribution < -0.4 is 5.14 Å². The molecule has 0 fully saturated rings. The molecular weight excluding hydrogens is 743 g/mol. The van der Waals surface area contributed by atoms with Crippen molar-refractivity contribution < 1.29 is 25.6 Å². The first-order valence-electron chi connectivity index (χ1n) is 17.7. The van der Waals surface area contributed by atoms with E-state index in [1.54, 1.807) is 65.0 Å². The van der Waals surface area contributed by atoms with Gasteiger partial charge in [-0.05, 0) is 160 Å². The second-order valence-electron chi connectivity index (χ2n) is 15.2. The Labute approximate surface area is 324 Å². The van der Waals surface area contributed by atoms with Gasteiger partial charge < -0.3 is 4.55 Å². The van der Waals surface area contributed by atoms with E-state index in [1.165, 1.54) is 32.3 Å². The molecule has 1 atom stereocenters. The zero-order valence-electron chi connectivity index (χ0n) is 31.9. The molecule has 1 unspecified atom stereocenters. The standard InChI is InChI=1S/C22H26O2S2.C16H19NO2S.C4H10O2S/c1-16-13-19(14-20-11-12-25-21(16)20)10-7-17-5-8-18(9-6-17)15-26(23,24)22(2,3)4;17-20(18,19)16-12-10-15(11-13-16)9-5-4-8-14-6-2-1-3-7-14;1-4(2,3)7(5)6/h5-6,8-9,11-14H,7,10,15H2,1-4H3;1-3,6-7,10-13H,4-5,8-9H2,(H2,17,18,19);1-3H3,(H,5,6)/p-1. The summed E-state index contributed by atoms with van der Waals surface area (Å²) in [4.78, 5) is 0.172. The molecule has 0 bridgehead atoms. The molecule has 0 aliphatic carbocycles. The van der Waals surface area contributed by atoms with E-state index in [4.69, 9.17) is 5.14 Å². The molecule has 11 heteroatoms. The van der Waals surface area contributed by atoms with Gasteiger partial charge in [-0.25, -0.2) is 22.0 Å². The summed E-state index contributed by atoms with van der Waals surface area (Å²) >= 11 is -0.137. The van der Waals surface area contributed by atoms with Crippen LogP contribution >= 0.6 is 11.3 Å². The number of hydrogen-bond donors (Lipinski definition) is 1. The average molecular weight is 797 g/mol. The second-order valence-corrected chi connectivity index (χ2v) is 22.1. The number of benzene rings is 4. The SMILES string of the molecule is CC(C)(C)S(=O)[O-].Cc1cc(CCc2ccc(CS(=O)(=O)C(C)(C)C)cc2)cc2ccsc12.NS(=O)(=O)c1ccc(CCCCc2ccccc2)cc1. The molecule has 0 amide bonds. The Morgan fingerprint density at radius 2 is 1.13 bits per heavy atom. The quantitative estimate of drug-likeness (QED) is 0.105. The summed E-state index contributed by atoms with van der Waals surface area (Å²) in [5.74, 6) is 0.102. The molecule has 7 nitrogen and oxygen atoms in total. The van der Waals surface area contributed by atoms with Crippen LogP contribution in [-0.2, 0) is 62.4 Å². The van der Waals surface area contributed by atoms with Crippen molar-refractivity contribution in [1.29, 1.82) is 0 Å². The number of sulfone groups is 1. The molecule has 5 aromatic rings. The number of thiophene rings is 1. The van der Waals surface area contributed by atoms with Crippen molar-refractivity contribution in [3.8, 4) is 0 Å². The van der Waals surface area contributed by atoms with Crippen molar-refractivity contribution in [1.82, 2.24) is 0 Å². The van der Waals surface area contributed by atoms with Gasteiger partial charge in [-0.1, -0.05) is 78.9 Å². The fourth-order valence-electron chi connectivity index (χ4n) is 5.16. The monoisotopic (exact) mass is 796 g/mol. The van der Waals surface area contributed by atoms with Crippen molar-refractivity contribution in [2.45, 2.75) is 107 Å². The second kappa shape index (κ2) is 19.4. The summed E-state index contributed by atoms with van der Waals surface area (Å²) in [6.07, 6.45) is 6.20. The van der Waals surface area contributed by atoms with Crippen LogP contribution in [-0.4, -0.2) is 35.1 Å². The lowest BCUT2D eigenvalue weighted by Crippen LogP contribution is -2.29. The van der Waals surface area contributed by atoms with Gasteiger partial charge in [0.2, 0.25) is 10.0 Å². The minimum atomic E-state index is -3.58. The Morgan fingerprint density at radius 3 is 1.64 bits per heavy atom. The first kappa shape index (κ1) is 44.2. The lowest BCUT2D eigenvalue weighted by Gasteiger charge is -2.20. The van der Waals surface area contributed by atoms with E-state index in [1.807, 2.05) is 30.3 Å². The van der Waals surface area contributed by atoms with Crippen LogP contribution in [0.25, 0.3) is 10.1 Å². The number of sulfonamides is 1. The first-order chi connectivity index (χ1) is 24.7. The van der Waals surface area contributed by atoms with Gasteiger partial charge in [0.25, 0.3) is 0 Å². The van der Waals surface area contributed by atoms with E-state index in [-0.39, 0.29) is 10.6 Å². The average Bonchev–Trinajstić information content (AvgIpc) is 3.56. The largest absolute Gasteiger partial charge is 0.772 e. The first-order valence-corrected chi connectivity index (χ1v) is 22.8. The molecule has 288 valence electrons. The van der Waals surface area contributed by atoms with Crippen molar-refractivity contribution in [2.24, 2.45) is 5.14 Å². The number of rotatable bonds is 11. The minimum Gasteiger partial charge on any atom is -0.772 e. The Morgan fingerprint density at radius 1 is 0.660 bits per heavy atom. The molecule has 0 radical (unpaired) electrons. The van der Waals surface area contributed by atoms with Gasteiger partial charge in [0, 0.05) is 9.45 Å². The smallest absolute Gasteiger partial charge is 0.238 e. The van der Waals surface area contributed by atoms with E-state index >= 15 is 0 Å². The Balaban J connectivity index is 0.000000248. The number of hydrogen-bond acceptors (Lipinski definition) is 7. The Hall–Kier alpha value is -3.19. The van der Waals surface area contributed by atoms with Gasteiger partial charge >= 0.3 is 0 Å². The fourth-order valence-corrected chi connectivity index (χ4v) is 7.60. The van der Waals surface area contributed by atoms with Crippen LogP contribution in [0.1, 0.15) is 87.8 Å². The summed E-state index contributed by atoms with van der Waals surface area (Å²) < 4.78 is 67.1. The topological polar surface area (TPSA) is 134 Å². The fraction of sp³-hybridized carbons (Fsp3) is 0.381. The summed E-state index contributed by atoms with van der Waals surface area (Å²) in [7, 11) is -6.72. The van der Waals surface area contributed by atoms with Crippen molar-refractivity contribution in [3.05, 3.63) is 136 Å². The van der Waals surface area contributed by atoms with E-state index in [0.29, 0.717) is 0 Å². The molecule has 0 aliphatic heterocycles. The number of nitrogens with two attached hydrogens (primary N) is 1. The van der Waals surface area contributed by atoms with E-state index in [2.05, 4.69) is 66.9 Å². The number of aryl methyl sites for hydroxylation is 5. The van der Waals surface area contributed by atoms with Gasteiger partial charge in [0.15, 0.2) is 9.84 Å². The normalized spacial score (nSPS) is 12.7. The number of unbranched alkanes of at least 4 members (excludes halogenated alkanes) is 1. The lowest BCUT2D eigenvalue weighted by molar-refractivity contribution is 0.505. The van der Waals surface area contributed by atoms with E-state index in [9.17, 15) is 25.6 Å². The predicted molar refractivity (Wildman–Crippen MR) is 222 cm³/mol. The molecule has 53 heavy (non-hydrogen) atoms. The summed E-state index contributed by atoms with van der Waals surface area (Å²) in [6.45, 7) is 12.4. The molecule has 1 aromatic heterocycles. The Kier molecular flexibility index (Phi) is 16.2. The van der Waals surface area contributed by atoms with Crippen LogP contribution in [0.5, 0.6) is 0 Å². The third-order valence-corrected chi connectivity index (χ3v) is 14.2. The van der Waals surface area contributed by atoms with Crippen LogP contribution in [0.3, 0.4) is 0 Å². The van der Waals surface area contributed by atoms with Crippen molar-refractivity contribution in [2.75, 3.05) is 0 Å². The van der Waals surface area contributed by atoms with Gasteiger partial charge in [0.05, 0.1) is 15.4 Å². The highest BCUT2D eigenvalue weighted by Crippen LogP contribution is 2.27. The highest BCUT2D eigenvalue weighted by Gasteiger charge is 2.28. The Bertz CT molecular complexity index is 2130. The van der Waals surface area contributed by atoms with E-state index in [0.717, 1.165) is 49.7 Å². The molecule has 0 saturated heterocycles. The summed E-state index contributed by atoms with van der Waals surface area (Å²) in [5.41, 5.74) is 7.30. The third-order valence-electron chi connectivity index (χ3n) is 8.59. The maximum absolute atomic E-state index is 12.3. The van der Waals surface area contributed by atoms with Crippen LogP contribution in [0.2, 0.25) is 0 Å². The molecule has 4 aromatic carbocycles. The van der Waals surface area contributed by atoms with Gasteiger partial charge in [0.1, 0.15) is 0 Å². The lowest BCUT2D eigenvalue weighted by atomic mass is 10.0. The van der Waals surface area contributed by atoms with Gasteiger partial charge in [-0.3, -0.25) is 4.21 Å². The molecule has 0 saturated carbocycles. The highest BCUT2D eigenvalue weighted by molar-refractivity contribution is 7.92. The van der Waals surface area contributed by atoms with E-state index < -0.39 is 40.4 Å². The van der Waals surface area contributed by atoms with Crippen LogP contribution in [0, 0.1) is 6.92 Å². The van der Waals surface area contributed by atoms with Crippen LogP contribution in [0.15, 0.2) is 107 Å². The van der Waals surface area contributed by atoms with Gasteiger partial charge in [-0.2, -0.15) is 0 Å². The zero-order valence-corrected chi connectivity index (χ0v) is 35.2. The molecule has 0 spiro atoms. The van der Waals surface area contributed by atoms with Gasteiger partial charge in [-0.15, -0.1) is 11.3 Å².